The Hall–Kier alpha value is -1.07. The molecule has 1 saturated heterocycles. The van der Waals surface area contributed by atoms with E-state index in [4.69, 9.17) is 4.74 Å². The quantitative estimate of drug-likeness (QED) is 0.748. The second-order valence-corrected chi connectivity index (χ2v) is 5.83. The van der Waals surface area contributed by atoms with Gasteiger partial charge in [0.25, 0.3) is 0 Å². The van der Waals surface area contributed by atoms with Crippen LogP contribution < -0.4 is 5.32 Å². The lowest BCUT2D eigenvalue weighted by molar-refractivity contribution is 0.141. The van der Waals surface area contributed by atoms with Gasteiger partial charge < -0.3 is 19.5 Å². The zero-order valence-electron chi connectivity index (χ0n) is 13.8. The van der Waals surface area contributed by atoms with E-state index in [9.17, 15) is 0 Å². The molecule has 0 saturated carbocycles. The van der Waals surface area contributed by atoms with Gasteiger partial charge in [0.05, 0.1) is 5.69 Å². The second kappa shape index (κ2) is 8.39. The Balaban J connectivity index is 1.89. The summed E-state index contributed by atoms with van der Waals surface area (Å²) in [7, 11) is 0. The summed E-state index contributed by atoms with van der Waals surface area (Å²) in [6.45, 7) is 12.4. The number of aryl methyl sites for hydroxylation is 2. The van der Waals surface area contributed by atoms with Crippen molar-refractivity contribution < 1.29 is 4.74 Å². The smallest absolute Gasteiger partial charge is 0.203 e. The number of likely N-dealkylation sites (N-methyl/N-ethyl adjacent to an activating group) is 1. The standard InChI is InChI=1S/C16H30N4O/c1-4-19-9-6-8-15(13-19)18-16-17-14(3)12-20(16)10-7-11-21-5-2/h12,15H,4-11,13H2,1-3H3,(H,17,18). The van der Waals surface area contributed by atoms with Crippen LogP contribution in [0.1, 0.15) is 38.8 Å². The van der Waals surface area contributed by atoms with Gasteiger partial charge in [0.1, 0.15) is 0 Å². The molecule has 5 nitrogen and oxygen atoms in total. The lowest BCUT2D eigenvalue weighted by Crippen LogP contribution is -2.42. The van der Waals surface area contributed by atoms with E-state index in [1.807, 2.05) is 6.92 Å². The molecular weight excluding hydrogens is 264 g/mol. The van der Waals surface area contributed by atoms with Crippen molar-refractivity contribution in [3.63, 3.8) is 0 Å². The normalized spacial score (nSPS) is 19.9. The van der Waals surface area contributed by atoms with Crippen LogP contribution in [0.15, 0.2) is 6.20 Å². The minimum Gasteiger partial charge on any atom is -0.382 e. The van der Waals surface area contributed by atoms with Gasteiger partial charge in [-0.05, 0) is 46.2 Å². The van der Waals surface area contributed by atoms with E-state index in [0.717, 1.165) is 50.9 Å². The third-order valence-electron chi connectivity index (χ3n) is 4.07. The van der Waals surface area contributed by atoms with Crippen molar-refractivity contribution in [1.29, 1.82) is 0 Å². The summed E-state index contributed by atoms with van der Waals surface area (Å²) in [6.07, 6.45) is 5.68. The van der Waals surface area contributed by atoms with E-state index in [0.29, 0.717) is 6.04 Å². The topological polar surface area (TPSA) is 42.3 Å². The highest BCUT2D eigenvalue weighted by Gasteiger charge is 2.20. The molecule has 1 aliphatic rings. The first-order valence-electron chi connectivity index (χ1n) is 8.33. The summed E-state index contributed by atoms with van der Waals surface area (Å²) >= 11 is 0. The van der Waals surface area contributed by atoms with Gasteiger partial charge in [0, 0.05) is 38.5 Å². The van der Waals surface area contributed by atoms with Gasteiger partial charge in [-0.25, -0.2) is 4.98 Å². The monoisotopic (exact) mass is 294 g/mol. The molecule has 5 heteroatoms. The molecule has 2 heterocycles. The molecule has 1 N–H and O–H groups in total. The molecule has 1 fully saturated rings. The van der Waals surface area contributed by atoms with Crippen LogP contribution in [0.2, 0.25) is 0 Å². The molecule has 2 rings (SSSR count). The fourth-order valence-corrected chi connectivity index (χ4v) is 2.96. The summed E-state index contributed by atoms with van der Waals surface area (Å²) in [4.78, 5) is 7.16. The number of aromatic nitrogens is 2. The van der Waals surface area contributed by atoms with Gasteiger partial charge in [-0.2, -0.15) is 0 Å². The number of piperidine rings is 1. The number of hydrogen-bond donors (Lipinski definition) is 1. The molecule has 0 amide bonds. The van der Waals surface area contributed by atoms with Gasteiger partial charge in [-0.3, -0.25) is 0 Å². The number of hydrogen-bond acceptors (Lipinski definition) is 4. The van der Waals surface area contributed by atoms with E-state index in [1.54, 1.807) is 0 Å². The van der Waals surface area contributed by atoms with Gasteiger partial charge in [-0.15, -0.1) is 0 Å². The van der Waals surface area contributed by atoms with Crippen LogP contribution in [0.3, 0.4) is 0 Å². The molecular formula is C16H30N4O. The molecule has 1 aliphatic heterocycles. The summed E-state index contributed by atoms with van der Waals surface area (Å²) in [5.41, 5.74) is 1.08. The largest absolute Gasteiger partial charge is 0.382 e. The minimum absolute atomic E-state index is 0.520. The predicted octanol–water partition coefficient (Wildman–Crippen LogP) is 2.51. The molecule has 0 bridgehead atoms. The number of rotatable bonds is 8. The van der Waals surface area contributed by atoms with Crippen LogP contribution in [-0.2, 0) is 11.3 Å². The van der Waals surface area contributed by atoms with Crippen molar-refractivity contribution in [1.82, 2.24) is 14.5 Å². The van der Waals surface area contributed by atoms with E-state index in [-0.39, 0.29) is 0 Å². The molecule has 0 spiro atoms. The molecule has 1 atom stereocenters. The second-order valence-electron chi connectivity index (χ2n) is 5.83. The van der Waals surface area contributed by atoms with Crippen LogP contribution in [0, 0.1) is 6.92 Å². The van der Waals surface area contributed by atoms with E-state index in [1.165, 1.54) is 19.4 Å². The molecule has 0 aromatic carbocycles. The lowest BCUT2D eigenvalue weighted by Gasteiger charge is -2.32. The number of anilines is 1. The molecule has 1 aromatic rings. The van der Waals surface area contributed by atoms with Crippen LogP contribution in [0.4, 0.5) is 5.95 Å². The van der Waals surface area contributed by atoms with E-state index < -0.39 is 0 Å². The Morgan fingerprint density at radius 1 is 1.43 bits per heavy atom. The van der Waals surface area contributed by atoms with Crippen molar-refractivity contribution in [3.05, 3.63) is 11.9 Å². The molecule has 120 valence electrons. The maximum absolute atomic E-state index is 5.42. The fourth-order valence-electron chi connectivity index (χ4n) is 2.96. The summed E-state index contributed by atoms with van der Waals surface area (Å²) in [5, 5.41) is 3.64. The zero-order valence-corrected chi connectivity index (χ0v) is 13.8. The van der Waals surface area contributed by atoms with Crippen LogP contribution in [-0.4, -0.2) is 53.3 Å². The number of ether oxygens (including phenoxy) is 1. The fraction of sp³-hybridized carbons (Fsp3) is 0.812. The molecule has 1 unspecified atom stereocenters. The van der Waals surface area contributed by atoms with Gasteiger partial charge >= 0.3 is 0 Å². The number of nitrogens with zero attached hydrogens (tertiary/aromatic N) is 3. The zero-order chi connectivity index (χ0) is 15.1. The first-order chi connectivity index (χ1) is 10.2. The number of nitrogens with one attached hydrogen (secondary N) is 1. The lowest BCUT2D eigenvalue weighted by atomic mass is 10.1. The summed E-state index contributed by atoms with van der Waals surface area (Å²) in [6, 6.07) is 0.520. The van der Waals surface area contributed by atoms with Crippen molar-refractivity contribution in [2.45, 2.75) is 52.6 Å². The third-order valence-corrected chi connectivity index (χ3v) is 4.07. The first-order valence-corrected chi connectivity index (χ1v) is 8.33. The van der Waals surface area contributed by atoms with Crippen molar-refractivity contribution in [2.24, 2.45) is 0 Å². The van der Waals surface area contributed by atoms with E-state index >= 15 is 0 Å². The highest BCUT2D eigenvalue weighted by Crippen LogP contribution is 2.16. The highest BCUT2D eigenvalue weighted by molar-refractivity contribution is 5.30. The van der Waals surface area contributed by atoms with Gasteiger partial charge in [0.15, 0.2) is 0 Å². The highest BCUT2D eigenvalue weighted by atomic mass is 16.5. The van der Waals surface area contributed by atoms with Crippen LogP contribution in [0.5, 0.6) is 0 Å². The van der Waals surface area contributed by atoms with Gasteiger partial charge in [-0.1, -0.05) is 6.92 Å². The van der Waals surface area contributed by atoms with E-state index in [2.05, 4.69) is 39.8 Å². The molecule has 0 aliphatic carbocycles. The molecule has 0 radical (unpaired) electrons. The van der Waals surface area contributed by atoms with Gasteiger partial charge in [0.2, 0.25) is 5.95 Å². The Morgan fingerprint density at radius 3 is 3.05 bits per heavy atom. The summed E-state index contributed by atoms with van der Waals surface area (Å²) < 4.78 is 7.66. The SMILES string of the molecule is CCOCCCn1cc(C)nc1NC1CCCN(CC)C1. The van der Waals surface area contributed by atoms with Crippen LogP contribution in [0.25, 0.3) is 0 Å². The van der Waals surface area contributed by atoms with Crippen molar-refractivity contribution in [3.8, 4) is 0 Å². The first kappa shape index (κ1) is 16.3. The third kappa shape index (κ3) is 5.00. The maximum atomic E-state index is 5.42. The number of likely N-dealkylation sites (tertiary alicyclic amines) is 1. The average molecular weight is 294 g/mol. The maximum Gasteiger partial charge on any atom is 0.203 e. The Bertz CT molecular complexity index is 418. The number of imidazole rings is 1. The predicted molar refractivity (Wildman–Crippen MR) is 86.8 cm³/mol. The molecule has 1 aromatic heterocycles. The molecule has 21 heavy (non-hydrogen) atoms. The van der Waals surface area contributed by atoms with Crippen molar-refractivity contribution >= 4 is 5.95 Å². The Morgan fingerprint density at radius 2 is 2.29 bits per heavy atom. The van der Waals surface area contributed by atoms with Crippen molar-refractivity contribution in [2.75, 3.05) is 38.2 Å². The average Bonchev–Trinajstić information content (AvgIpc) is 2.83. The summed E-state index contributed by atoms with van der Waals surface area (Å²) in [5.74, 6) is 1.02. The minimum atomic E-state index is 0.520. The Labute approximate surface area is 128 Å². The van der Waals surface area contributed by atoms with Crippen LogP contribution >= 0.6 is 0 Å². The Kier molecular flexibility index (Phi) is 6.51.